The lowest BCUT2D eigenvalue weighted by atomic mass is 9.90. The lowest BCUT2D eigenvalue weighted by molar-refractivity contribution is 0.407. The minimum atomic E-state index is 0.131. The minimum absolute atomic E-state index is 0.131. The van der Waals surface area contributed by atoms with Crippen molar-refractivity contribution in [2.75, 3.05) is 14.2 Å². The Labute approximate surface area is 99.0 Å². The van der Waals surface area contributed by atoms with Gasteiger partial charge in [-0.3, -0.25) is 0 Å². The largest absolute Gasteiger partial charge is 0.496 e. The van der Waals surface area contributed by atoms with E-state index in [4.69, 9.17) is 4.74 Å². The van der Waals surface area contributed by atoms with E-state index in [1.165, 1.54) is 16.7 Å². The molecule has 90 valence electrons. The quantitative estimate of drug-likeness (QED) is 0.844. The van der Waals surface area contributed by atoms with E-state index in [2.05, 4.69) is 45.1 Å². The van der Waals surface area contributed by atoms with Gasteiger partial charge in [0.05, 0.1) is 7.11 Å². The Hall–Kier alpha value is -1.02. The first kappa shape index (κ1) is 13.0. The van der Waals surface area contributed by atoms with Crippen LogP contribution < -0.4 is 10.1 Å². The summed E-state index contributed by atoms with van der Waals surface area (Å²) < 4.78 is 5.32. The van der Waals surface area contributed by atoms with Crippen molar-refractivity contribution >= 4 is 0 Å². The van der Waals surface area contributed by atoms with E-state index in [9.17, 15) is 0 Å². The summed E-state index contributed by atoms with van der Waals surface area (Å²) in [5.41, 5.74) is 4.10. The second-order valence-electron chi connectivity index (χ2n) is 4.99. The minimum Gasteiger partial charge on any atom is -0.496 e. The predicted octanol–water partition coefficient (Wildman–Crippen LogP) is 2.85. The number of rotatable bonds is 4. The highest BCUT2D eigenvalue weighted by Gasteiger charge is 2.17. The zero-order valence-corrected chi connectivity index (χ0v) is 11.3. The number of ether oxygens (including phenoxy) is 1. The smallest absolute Gasteiger partial charge is 0.122 e. The summed E-state index contributed by atoms with van der Waals surface area (Å²) in [4.78, 5) is 0. The van der Waals surface area contributed by atoms with Crippen molar-refractivity contribution < 1.29 is 4.74 Å². The van der Waals surface area contributed by atoms with Crippen LogP contribution in [0.2, 0.25) is 0 Å². The van der Waals surface area contributed by atoms with E-state index < -0.39 is 0 Å². The fourth-order valence-corrected chi connectivity index (χ4v) is 1.83. The Morgan fingerprint density at radius 2 is 1.81 bits per heavy atom. The van der Waals surface area contributed by atoms with Crippen molar-refractivity contribution in [3.8, 4) is 5.75 Å². The maximum atomic E-state index is 5.32. The molecular formula is C14H23NO. The fraction of sp³-hybridized carbons (Fsp3) is 0.571. The molecule has 0 aromatic heterocycles. The summed E-state index contributed by atoms with van der Waals surface area (Å²) in [5, 5.41) is 3.33. The molecule has 0 saturated carbocycles. The van der Waals surface area contributed by atoms with Crippen LogP contribution in [0, 0.1) is 13.8 Å². The Morgan fingerprint density at radius 3 is 2.31 bits per heavy atom. The molecule has 1 aromatic carbocycles. The maximum Gasteiger partial charge on any atom is 0.122 e. The lowest BCUT2D eigenvalue weighted by Crippen LogP contribution is -2.38. The lowest BCUT2D eigenvalue weighted by Gasteiger charge is -2.25. The van der Waals surface area contributed by atoms with Gasteiger partial charge < -0.3 is 10.1 Å². The SMILES string of the molecule is CNC(C)(C)Cc1ccc(OC)c(C)c1C. The molecule has 0 bridgehead atoms. The monoisotopic (exact) mass is 221 g/mol. The van der Waals surface area contributed by atoms with E-state index in [1.807, 2.05) is 7.05 Å². The standard InChI is InChI=1S/C14H23NO/c1-10-11(2)13(16-6)8-7-12(10)9-14(3,4)15-5/h7-8,15H,9H2,1-6H3. The summed E-state index contributed by atoms with van der Waals surface area (Å²) in [5.74, 6) is 0.975. The zero-order chi connectivity index (χ0) is 12.3. The van der Waals surface area contributed by atoms with Gasteiger partial charge in [0.15, 0.2) is 0 Å². The second kappa shape index (κ2) is 4.88. The van der Waals surface area contributed by atoms with Gasteiger partial charge in [0, 0.05) is 5.54 Å². The van der Waals surface area contributed by atoms with Crippen LogP contribution in [0.15, 0.2) is 12.1 Å². The van der Waals surface area contributed by atoms with Crippen LogP contribution in [0.5, 0.6) is 5.75 Å². The van der Waals surface area contributed by atoms with Crippen LogP contribution in [0.25, 0.3) is 0 Å². The van der Waals surface area contributed by atoms with E-state index in [0.29, 0.717) is 0 Å². The molecular weight excluding hydrogens is 198 g/mol. The van der Waals surface area contributed by atoms with Gasteiger partial charge in [-0.1, -0.05) is 6.07 Å². The molecule has 1 rings (SSSR count). The summed E-state index contributed by atoms with van der Waals surface area (Å²) in [6.07, 6.45) is 1.03. The first-order valence-corrected chi connectivity index (χ1v) is 5.73. The average Bonchev–Trinajstić information content (AvgIpc) is 2.25. The van der Waals surface area contributed by atoms with Crippen molar-refractivity contribution in [2.24, 2.45) is 0 Å². The molecule has 0 aliphatic carbocycles. The van der Waals surface area contributed by atoms with Crippen molar-refractivity contribution in [1.82, 2.24) is 5.32 Å². The number of hydrogen-bond donors (Lipinski definition) is 1. The molecule has 0 aliphatic rings. The van der Waals surface area contributed by atoms with Crippen molar-refractivity contribution in [1.29, 1.82) is 0 Å². The molecule has 0 saturated heterocycles. The van der Waals surface area contributed by atoms with Crippen LogP contribution in [0.3, 0.4) is 0 Å². The molecule has 0 atom stereocenters. The number of methoxy groups -OCH3 is 1. The fourth-order valence-electron chi connectivity index (χ4n) is 1.83. The van der Waals surface area contributed by atoms with Gasteiger partial charge in [-0.25, -0.2) is 0 Å². The van der Waals surface area contributed by atoms with Crippen LogP contribution in [-0.2, 0) is 6.42 Å². The molecule has 0 amide bonds. The number of hydrogen-bond acceptors (Lipinski definition) is 2. The predicted molar refractivity (Wildman–Crippen MR) is 69.3 cm³/mol. The van der Waals surface area contributed by atoms with E-state index in [1.54, 1.807) is 7.11 Å². The Morgan fingerprint density at radius 1 is 1.19 bits per heavy atom. The highest BCUT2D eigenvalue weighted by atomic mass is 16.5. The van der Waals surface area contributed by atoms with E-state index in [-0.39, 0.29) is 5.54 Å². The van der Waals surface area contributed by atoms with Crippen LogP contribution in [0.4, 0.5) is 0 Å². The molecule has 16 heavy (non-hydrogen) atoms. The van der Waals surface area contributed by atoms with E-state index >= 15 is 0 Å². The van der Waals surface area contributed by atoms with Gasteiger partial charge in [-0.2, -0.15) is 0 Å². The highest BCUT2D eigenvalue weighted by Crippen LogP contribution is 2.26. The van der Waals surface area contributed by atoms with Crippen molar-refractivity contribution in [3.63, 3.8) is 0 Å². The van der Waals surface area contributed by atoms with Gasteiger partial charge in [-0.15, -0.1) is 0 Å². The number of benzene rings is 1. The van der Waals surface area contributed by atoms with Crippen LogP contribution >= 0.6 is 0 Å². The molecule has 0 radical (unpaired) electrons. The number of nitrogens with one attached hydrogen (secondary N) is 1. The second-order valence-corrected chi connectivity index (χ2v) is 4.99. The molecule has 0 heterocycles. The van der Waals surface area contributed by atoms with Crippen molar-refractivity contribution in [3.05, 3.63) is 28.8 Å². The average molecular weight is 221 g/mol. The first-order valence-electron chi connectivity index (χ1n) is 5.73. The third kappa shape index (κ3) is 2.76. The molecule has 2 heteroatoms. The Bertz CT molecular complexity index is 369. The maximum absolute atomic E-state index is 5.32. The third-order valence-corrected chi connectivity index (χ3v) is 3.38. The normalized spacial score (nSPS) is 11.6. The van der Waals surface area contributed by atoms with Crippen LogP contribution in [0.1, 0.15) is 30.5 Å². The Balaban J connectivity index is 3.04. The first-order chi connectivity index (χ1) is 7.41. The van der Waals surface area contributed by atoms with Gasteiger partial charge in [0.2, 0.25) is 0 Å². The molecule has 2 nitrogen and oxygen atoms in total. The van der Waals surface area contributed by atoms with Gasteiger partial charge in [-0.05, 0) is 63.9 Å². The summed E-state index contributed by atoms with van der Waals surface area (Å²) in [7, 11) is 3.73. The summed E-state index contributed by atoms with van der Waals surface area (Å²) in [6, 6.07) is 4.23. The highest BCUT2D eigenvalue weighted by molar-refractivity contribution is 5.44. The molecule has 0 unspecified atom stereocenters. The topological polar surface area (TPSA) is 21.3 Å². The van der Waals surface area contributed by atoms with Crippen LogP contribution in [-0.4, -0.2) is 19.7 Å². The third-order valence-electron chi connectivity index (χ3n) is 3.38. The number of likely N-dealkylation sites (N-methyl/N-ethyl adjacent to an activating group) is 1. The van der Waals surface area contributed by atoms with Gasteiger partial charge >= 0.3 is 0 Å². The van der Waals surface area contributed by atoms with Gasteiger partial charge in [0.25, 0.3) is 0 Å². The summed E-state index contributed by atoms with van der Waals surface area (Å²) in [6.45, 7) is 8.71. The summed E-state index contributed by atoms with van der Waals surface area (Å²) >= 11 is 0. The Kier molecular flexibility index (Phi) is 3.98. The molecule has 0 aliphatic heterocycles. The molecule has 1 N–H and O–H groups in total. The molecule has 0 spiro atoms. The molecule has 1 aromatic rings. The van der Waals surface area contributed by atoms with Gasteiger partial charge in [0.1, 0.15) is 5.75 Å². The van der Waals surface area contributed by atoms with Crippen molar-refractivity contribution in [2.45, 2.75) is 39.7 Å². The zero-order valence-electron chi connectivity index (χ0n) is 11.3. The van der Waals surface area contributed by atoms with E-state index in [0.717, 1.165) is 12.2 Å². The molecule has 0 fully saturated rings.